The Hall–Kier alpha value is -1.18. The van der Waals surface area contributed by atoms with E-state index in [-0.39, 0.29) is 5.60 Å². The van der Waals surface area contributed by atoms with Crippen LogP contribution in [0.5, 0.6) is 5.75 Å². The van der Waals surface area contributed by atoms with E-state index < -0.39 is 0 Å². The average molecular weight is 189 g/mol. The minimum atomic E-state index is 0.198. The van der Waals surface area contributed by atoms with E-state index in [2.05, 4.69) is 0 Å². The van der Waals surface area contributed by atoms with E-state index in [9.17, 15) is 0 Å². The zero-order valence-electron chi connectivity index (χ0n) is 8.25. The van der Waals surface area contributed by atoms with Gasteiger partial charge < -0.3 is 10.5 Å². The Morgan fingerprint density at radius 3 is 2.79 bits per heavy atom. The summed E-state index contributed by atoms with van der Waals surface area (Å²) in [6.07, 6.45) is 6.09. The molecule has 2 nitrogen and oxygen atoms in total. The molecule has 1 spiro atoms. The largest absolute Gasteiger partial charge is 0.487 e. The van der Waals surface area contributed by atoms with Gasteiger partial charge in [-0.1, -0.05) is 0 Å². The topological polar surface area (TPSA) is 35.2 Å². The molecule has 1 aromatic carbocycles. The molecule has 0 aromatic heterocycles. The molecule has 0 amide bonds. The summed E-state index contributed by atoms with van der Waals surface area (Å²) in [5, 5.41) is 0. The lowest BCUT2D eigenvalue weighted by Crippen LogP contribution is -2.45. The zero-order valence-corrected chi connectivity index (χ0v) is 8.25. The lowest BCUT2D eigenvalue weighted by molar-refractivity contribution is -0.0249. The minimum Gasteiger partial charge on any atom is -0.487 e. The van der Waals surface area contributed by atoms with Crippen molar-refractivity contribution < 1.29 is 4.74 Å². The first-order valence-corrected chi connectivity index (χ1v) is 5.35. The van der Waals surface area contributed by atoms with Crippen molar-refractivity contribution in [3.05, 3.63) is 23.8 Å². The Balaban J connectivity index is 1.94. The predicted molar refractivity (Wildman–Crippen MR) is 56.4 cm³/mol. The number of nitrogens with two attached hydrogens (primary N) is 1. The van der Waals surface area contributed by atoms with Crippen LogP contribution in [0, 0.1) is 0 Å². The number of hydrogen-bond donors (Lipinski definition) is 1. The van der Waals surface area contributed by atoms with Crippen molar-refractivity contribution in [2.24, 2.45) is 0 Å². The Labute approximate surface area is 84.1 Å². The van der Waals surface area contributed by atoms with Gasteiger partial charge in [0.15, 0.2) is 0 Å². The molecule has 0 radical (unpaired) electrons. The van der Waals surface area contributed by atoms with Crippen LogP contribution in [0.2, 0.25) is 0 Å². The standard InChI is InChI=1S/C12H15NO/c13-10-2-3-11-9(8-10)4-7-12(14-11)5-1-6-12/h2-3,8H,1,4-7,13H2. The summed E-state index contributed by atoms with van der Waals surface area (Å²) in [6.45, 7) is 0. The quantitative estimate of drug-likeness (QED) is 0.636. The van der Waals surface area contributed by atoms with Crippen LogP contribution in [0.4, 0.5) is 5.69 Å². The maximum Gasteiger partial charge on any atom is 0.123 e. The highest BCUT2D eigenvalue weighted by atomic mass is 16.5. The fourth-order valence-electron chi connectivity index (χ4n) is 2.46. The molecule has 1 aromatic rings. The predicted octanol–water partition coefficient (Wildman–Crippen LogP) is 2.52. The van der Waals surface area contributed by atoms with Crippen molar-refractivity contribution in [1.82, 2.24) is 0 Å². The van der Waals surface area contributed by atoms with Gasteiger partial charge in [0.2, 0.25) is 0 Å². The van der Waals surface area contributed by atoms with Gasteiger partial charge in [-0.25, -0.2) is 0 Å². The van der Waals surface area contributed by atoms with E-state index in [1.807, 2.05) is 18.2 Å². The van der Waals surface area contributed by atoms with Gasteiger partial charge in [-0.05, 0) is 55.9 Å². The molecule has 2 N–H and O–H groups in total. The summed E-state index contributed by atoms with van der Waals surface area (Å²) >= 11 is 0. The SMILES string of the molecule is Nc1ccc2c(c1)CCC1(CCC1)O2. The maximum absolute atomic E-state index is 6.05. The van der Waals surface area contributed by atoms with Gasteiger partial charge in [0.1, 0.15) is 11.4 Å². The minimum absolute atomic E-state index is 0.198. The second-order valence-electron chi connectivity index (χ2n) is 4.51. The molecule has 3 rings (SSSR count). The van der Waals surface area contributed by atoms with Crippen LogP contribution in [-0.2, 0) is 6.42 Å². The highest BCUT2D eigenvalue weighted by Crippen LogP contribution is 2.45. The number of benzene rings is 1. The molecular formula is C12H15NO. The number of ether oxygens (including phenoxy) is 1. The van der Waals surface area contributed by atoms with Gasteiger partial charge in [-0.3, -0.25) is 0 Å². The summed E-state index contributed by atoms with van der Waals surface area (Å²) in [4.78, 5) is 0. The van der Waals surface area contributed by atoms with Gasteiger partial charge in [0.25, 0.3) is 0 Å². The van der Waals surface area contributed by atoms with Gasteiger partial charge in [-0.2, -0.15) is 0 Å². The summed E-state index contributed by atoms with van der Waals surface area (Å²) in [5.74, 6) is 1.06. The monoisotopic (exact) mass is 189 g/mol. The van der Waals surface area contributed by atoms with E-state index in [0.717, 1.165) is 17.9 Å². The van der Waals surface area contributed by atoms with Gasteiger partial charge >= 0.3 is 0 Å². The molecule has 2 heteroatoms. The van der Waals surface area contributed by atoms with Crippen molar-refractivity contribution in [2.45, 2.75) is 37.7 Å². The number of anilines is 1. The fraction of sp³-hybridized carbons (Fsp3) is 0.500. The van der Waals surface area contributed by atoms with E-state index in [1.165, 1.54) is 31.2 Å². The van der Waals surface area contributed by atoms with E-state index >= 15 is 0 Å². The van der Waals surface area contributed by atoms with Crippen molar-refractivity contribution in [3.8, 4) is 5.75 Å². The molecule has 0 bridgehead atoms. The number of hydrogen-bond acceptors (Lipinski definition) is 2. The molecule has 2 aliphatic rings. The number of aryl methyl sites for hydroxylation is 1. The maximum atomic E-state index is 6.05. The summed E-state index contributed by atoms with van der Waals surface area (Å²) in [7, 11) is 0. The van der Waals surface area contributed by atoms with Crippen LogP contribution in [-0.4, -0.2) is 5.60 Å². The number of nitrogen functional groups attached to an aromatic ring is 1. The van der Waals surface area contributed by atoms with Crippen molar-refractivity contribution in [1.29, 1.82) is 0 Å². The van der Waals surface area contributed by atoms with Crippen LogP contribution >= 0.6 is 0 Å². The third-order valence-corrected chi connectivity index (χ3v) is 3.53. The highest BCUT2D eigenvalue weighted by Gasteiger charge is 2.41. The van der Waals surface area contributed by atoms with Crippen molar-refractivity contribution >= 4 is 5.69 Å². The molecule has 0 atom stereocenters. The summed E-state index contributed by atoms with van der Waals surface area (Å²) in [5.41, 5.74) is 8.06. The normalized spacial score (nSPS) is 22.3. The zero-order chi connectivity index (χ0) is 9.60. The Morgan fingerprint density at radius 2 is 2.07 bits per heavy atom. The van der Waals surface area contributed by atoms with Gasteiger partial charge in [0, 0.05) is 5.69 Å². The van der Waals surface area contributed by atoms with Crippen LogP contribution in [0.1, 0.15) is 31.2 Å². The third-order valence-electron chi connectivity index (χ3n) is 3.53. The van der Waals surface area contributed by atoms with Crippen LogP contribution < -0.4 is 10.5 Å². The second kappa shape index (κ2) is 2.66. The van der Waals surface area contributed by atoms with E-state index in [4.69, 9.17) is 10.5 Å². The van der Waals surface area contributed by atoms with Crippen molar-refractivity contribution in [3.63, 3.8) is 0 Å². The first-order valence-electron chi connectivity index (χ1n) is 5.35. The first-order chi connectivity index (χ1) is 6.77. The molecule has 1 fully saturated rings. The average Bonchev–Trinajstić information content (AvgIpc) is 2.15. The smallest absolute Gasteiger partial charge is 0.123 e. The molecule has 1 aliphatic heterocycles. The number of fused-ring (bicyclic) bond motifs is 1. The molecule has 1 aliphatic carbocycles. The molecular weight excluding hydrogens is 174 g/mol. The Morgan fingerprint density at radius 1 is 1.21 bits per heavy atom. The van der Waals surface area contributed by atoms with Crippen LogP contribution in [0.25, 0.3) is 0 Å². The molecule has 14 heavy (non-hydrogen) atoms. The van der Waals surface area contributed by atoms with Gasteiger partial charge in [-0.15, -0.1) is 0 Å². The lowest BCUT2D eigenvalue weighted by Gasteiger charge is -2.45. The summed E-state index contributed by atoms with van der Waals surface area (Å²) < 4.78 is 6.05. The first kappa shape index (κ1) is 8.16. The fourth-order valence-corrected chi connectivity index (χ4v) is 2.46. The van der Waals surface area contributed by atoms with Crippen LogP contribution in [0.15, 0.2) is 18.2 Å². The molecule has 1 saturated carbocycles. The summed E-state index contributed by atoms with van der Waals surface area (Å²) in [6, 6.07) is 5.99. The Kier molecular flexibility index (Phi) is 1.55. The molecule has 0 unspecified atom stereocenters. The molecule has 1 heterocycles. The number of rotatable bonds is 0. The third kappa shape index (κ3) is 1.10. The van der Waals surface area contributed by atoms with Gasteiger partial charge in [0.05, 0.1) is 0 Å². The van der Waals surface area contributed by atoms with E-state index in [1.54, 1.807) is 0 Å². The molecule has 74 valence electrons. The van der Waals surface area contributed by atoms with E-state index in [0.29, 0.717) is 0 Å². The van der Waals surface area contributed by atoms with Crippen LogP contribution in [0.3, 0.4) is 0 Å². The second-order valence-corrected chi connectivity index (χ2v) is 4.51. The Bertz CT molecular complexity index is 369. The lowest BCUT2D eigenvalue weighted by atomic mass is 9.74. The van der Waals surface area contributed by atoms with Crippen molar-refractivity contribution in [2.75, 3.05) is 5.73 Å². The molecule has 0 saturated heterocycles. The highest BCUT2D eigenvalue weighted by molar-refractivity contribution is 5.49.